The highest BCUT2D eigenvalue weighted by Crippen LogP contribution is 2.13. The zero-order valence-electron chi connectivity index (χ0n) is 8.64. The molecule has 15 heavy (non-hydrogen) atoms. The van der Waals surface area contributed by atoms with Gasteiger partial charge < -0.3 is 15.5 Å². The first-order valence-electron chi connectivity index (χ1n) is 4.63. The molecule has 1 aromatic rings. The molecule has 82 valence electrons. The normalized spacial score (nSPS) is 10.8. The molecule has 0 aromatic carbocycles. The summed E-state index contributed by atoms with van der Waals surface area (Å²) >= 11 is 0. The van der Waals surface area contributed by atoms with Gasteiger partial charge in [0.2, 0.25) is 5.91 Å². The number of hydrogen-bond donors (Lipinski definition) is 3. The lowest BCUT2D eigenvalue weighted by atomic mass is 10.2. The van der Waals surface area contributed by atoms with E-state index in [1.807, 2.05) is 0 Å². The number of aliphatic hydroxyl groups excluding tert-OH is 1. The lowest BCUT2D eigenvalue weighted by Crippen LogP contribution is -2.18. The topological polar surface area (TPSA) is 82.5 Å². The minimum absolute atomic E-state index is 0.144. The lowest BCUT2D eigenvalue weighted by Gasteiger charge is -2.08. The second-order valence-corrected chi connectivity index (χ2v) is 3.49. The van der Waals surface area contributed by atoms with Crippen LogP contribution in [0.25, 0.3) is 0 Å². The molecule has 0 aliphatic carbocycles. The Bertz CT molecular complexity index is 350. The van der Waals surface area contributed by atoms with Crippen LogP contribution in [0.2, 0.25) is 0 Å². The second-order valence-electron chi connectivity index (χ2n) is 3.49. The first kappa shape index (κ1) is 11.6. The Hall–Kier alpha value is -1.46. The molecule has 0 aliphatic heterocycles. The molecule has 0 saturated carbocycles. The summed E-state index contributed by atoms with van der Waals surface area (Å²) in [5.74, 6) is 0.0147. The number of pyridine rings is 1. The largest absolute Gasteiger partial charge is 0.364 e. The number of rotatable bonds is 3. The smallest absolute Gasteiger partial charge is 0.228 e. The van der Waals surface area contributed by atoms with Gasteiger partial charge in [-0.05, 0) is 12.1 Å². The van der Waals surface area contributed by atoms with Crippen LogP contribution in [0, 0.1) is 5.92 Å². The molecule has 0 bridgehead atoms. The monoisotopic (exact) mass is 210 g/mol. The van der Waals surface area contributed by atoms with Crippen molar-refractivity contribution in [2.45, 2.75) is 20.1 Å². The van der Waals surface area contributed by atoms with E-state index in [0.717, 1.165) is 0 Å². The summed E-state index contributed by atoms with van der Waals surface area (Å²) in [7, 11) is 0. The number of nitrogens with zero attached hydrogens (tertiary/aromatic N) is 1. The molecule has 0 fully saturated rings. The Balaban J connectivity index is 2.78. The van der Waals surface area contributed by atoms with Crippen molar-refractivity contribution in [3.8, 4) is 0 Å². The Morgan fingerprint density at radius 3 is 2.67 bits per heavy atom. The Kier molecular flexibility index (Phi) is 3.76. The molecule has 0 saturated heterocycles. The summed E-state index contributed by atoms with van der Waals surface area (Å²) in [6.07, 6.45) is -0.146. The molecule has 0 aliphatic rings. The number of carbonyl (C=O) groups is 1. The number of aliphatic hydroxyl groups is 2. The van der Waals surface area contributed by atoms with Crippen LogP contribution in [0.15, 0.2) is 18.3 Å². The standard InChI is InChI=1S/C10H14N2O3/c1-6(2)9(13)12-8-5-7(10(14)15)3-4-11-8/h3-6,10,14-15H,1-2H3,(H,11,12,13). The van der Waals surface area contributed by atoms with Gasteiger partial charge in [0, 0.05) is 17.7 Å². The van der Waals surface area contributed by atoms with Crippen molar-refractivity contribution in [1.82, 2.24) is 4.98 Å². The molecular weight excluding hydrogens is 196 g/mol. The van der Waals surface area contributed by atoms with E-state index in [2.05, 4.69) is 10.3 Å². The molecule has 1 heterocycles. The number of nitrogens with one attached hydrogen (secondary N) is 1. The fourth-order valence-corrected chi connectivity index (χ4v) is 0.946. The summed E-state index contributed by atoms with van der Waals surface area (Å²) in [6.45, 7) is 3.53. The highest BCUT2D eigenvalue weighted by Gasteiger charge is 2.09. The molecular formula is C10H14N2O3. The number of aromatic nitrogens is 1. The van der Waals surface area contributed by atoms with E-state index in [4.69, 9.17) is 10.2 Å². The van der Waals surface area contributed by atoms with Crippen molar-refractivity contribution in [3.63, 3.8) is 0 Å². The van der Waals surface area contributed by atoms with Gasteiger partial charge in [-0.3, -0.25) is 4.79 Å². The van der Waals surface area contributed by atoms with Crippen molar-refractivity contribution in [1.29, 1.82) is 0 Å². The summed E-state index contributed by atoms with van der Waals surface area (Å²) < 4.78 is 0. The SMILES string of the molecule is CC(C)C(=O)Nc1cc(C(O)O)ccn1. The Morgan fingerprint density at radius 1 is 1.47 bits per heavy atom. The third-order valence-electron chi connectivity index (χ3n) is 1.86. The van der Waals surface area contributed by atoms with E-state index in [1.54, 1.807) is 13.8 Å². The predicted octanol–water partition coefficient (Wildman–Crippen LogP) is 0.659. The van der Waals surface area contributed by atoms with Crippen molar-refractivity contribution in [2.75, 3.05) is 5.32 Å². The molecule has 0 spiro atoms. The average Bonchev–Trinajstić information content (AvgIpc) is 2.18. The van der Waals surface area contributed by atoms with Gasteiger partial charge in [0.25, 0.3) is 0 Å². The van der Waals surface area contributed by atoms with Crippen molar-refractivity contribution in [2.24, 2.45) is 5.92 Å². The fraction of sp³-hybridized carbons (Fsp3) is 0.400. The van der Waals surface area contributed by atoms with E-state index in [0.29, 0.717) is 11.4 Å². The van der Waals surface area contributed by atoms with Crippen LogP contribution in [0.5, 0.6) is 0 Å². The number of hydrogen-bond acceptors (Lipinski definition) is 4. The van der Waals surface area contributed by atoms with Gasteiger partial charge in [-0.1, -0.05) is 13.8 Å². The highest BCUT2D eigenvalue weighted by atomic mass is 16.5. The summed E-state index contributed by atoms with van der Waals surface area (Å²) in [4.78, 5) is 15.2. The number of anilines is 1. The van der Waals surface area contributed by atoms with Gasteiger partial charge in [-0.2, -0.15) is 0 Å². The van der Waals surface area contributed by atoms with Crippen LogP contribution in [-0.2, 0) is 4.79 Å². The van der Waals surface area contributed by atoms with Gasteiger partial charge in [0.15, 0.2) is 6.29 Å². The van der Waals surface area contributed by atoms with Crippen LogP contribution >= 0.6 is 0 Å². The molecule has 1 rings (SSSR count). The van der Waals surface area contributed by atoms with Crippen LogP contribution in [0.1, 0.15) is 25.7 Å². The molecule has 0 unspecified atom stereocenters. The molecule has 5 nitrogen and oxygen atoms in total. The summed E-state index contributed by atoms with van der Waals surface area (Å²) in [6, 6.07) is 2.89. The van der Waals surface area contributed by atoms with Crippen molar-refractivity contribution in [3.05, 3.63) is 23.9 Å². The maximum absolute atomic E-state index is 11.3. The third kappa shape index (κ3) is 3.30. The molecule has 0 radical (unpaired) electrons. The van der Waals surface area contributed by atoms with E-state index >= 15 is 0 Å². The van der Waals surface area contributed by atoms with Crippen molar-refractivity contribution >= 4 is 11.7 Å². The van der Waals surface area contributed by atoms with Crippen LogP contribution in [-0.4, -0.2) is 21.1 Å². The summed E-state index contributed by atoms with van der Waals surface area (Å²) in [5.41, 5.74) is 0.295. The first-order valence-corrected chi connectivity index (χ1v) is 4.63. The highest BCUT2D eigenvalue weighted by molar-refractivity contribution is 5.91. The van der Waals surface area contributed by atoms with Crippen LogP contribution in [0.3, 0.4) is 0 Å². The maximum Gasteiger partial charge on any atom is 0.228 e. The van der Waals surface area contributed by atoms with E-state index in [9.17, 15) is 4.79 Å². The maximum atomic E-state index is 11.3. The van der Waals surface area contributed by atoms with E-state index in [-0.39, 0.29) is 11.8 Å². The second kappa shape index (κ2) is 4.86. The van der Waals surface area contributed by atoms with Crippen molar-refractivity contribution < 1.29 is 15.0 Å². The molecule has 1 amide bonds. The van der Waals surface area contributed by atoms with Gasteiger partial charge >= 0.3 is 0 Å². The molecule has 3 N–H and O–H groups in total. The van der Waals surface area contributed by atoms with Gasteiger partial charge in [0.05, 0.1) is 0 Å². The third-order valence-corrected chi connectivity index (χ3v) is 1.86. The zero-order chi connectivity index (χ0) is 11.4. The molecule has 5 heteroatoms. The first-order chi connectivity index (χ1) is 7.00. The number of carbonyl (C=O) groups excluding carboxylic acids is 1. The Morgan fingerprint density at radius 2 is 2.13 bits per heavy atom. The number of amides is 1. The van der Waals surface area contributed by atoms with Gasteiger partial charge in [0.1, 0.15) is 5.82 Å². The predicted molar refractivity (Wildman–Crippen MR) is 54.9 cm³/mol. The van der Waals surface area contributed by atoms with E-state index < -0.39 is 6.29 Å². The van der Waals surface area contributed by atoms with Gasteiger partial charge in [-0.25, -0.2) is 4.98 Å². The molecule has 0 atom stereocenters. The lowest BCUT2D eigenvalue weighted by molar-refractivity contribution is -0.118. The average molecular weight is 210 g/mol. The minimum atomic E-state index is -1.55. The van der Waals surface area contributed by atoms with E-state index in [1.165, 1.54) is 18.3 Å². The Labute approximate surface area is 87.8 Å². The quantitative estimate of drug-likeness (QED) is 0.640. The van der Waals surface area contributed by atoms with Crippen LogP contribution in [0.4, 0.5) is 5.82 Å². The molecule has 1 aromatic heterocycles. The van der Waals surface area contributed by atoms with Gasteiger partial charge in [-0.15, -0.1) is 0 Å². The van der Waals surface area contributed by atoms with Crippen LogP contribution < -0.4 is 5.32 Å². The minimum Gasteiger partial charge on any atom is -0.364 e. The summed E-state index contributed by atoms with van der Waals surface area (Å²) in [5, 5.41) is 20.4. The fourth-order valence-electron chi connectivity index (χ4n) is 0.946. The zero-order valence-corrected chi connectivity index (χ0v) is 8.64.